The lowest BCUT2D eigenvalue weighted by Crippen LogP contribution is -2.53. The van der Waals surface area contributed by atoms with Crippen molar-refractivity contribution in [2.45, 2.75) is 39.8 Å². The molecule has 1 aromatic carbocycles. The predicted molar refractivity (Wildman–Crippen MR) is 116 cm³/mol. The summed E-state index contributed by atoms with van der Waals surface area (Å²) in [6, 6.07) is 7.81. The predicted octanol–water partition coefficient (Wildman–Crippen LogP) is 2.22. The summed E-state index contributed by atoms with van der Waals surface area (Å²) in [7, 11) is 0. The fourth-order valence-electron chi connectivity index (χ4n) is 4.30. The number of aromatic nitrogens is 3. The van der Waals surface area contributed by atoms with Gasteiger partial charge >= 0.3 is 5.69 Å². The fraction of sp³-hybridized carbons (Fsp3) is 0.500. The summed E-state index contributed by atoms with van der Waals surface area (Å²) in [4.78, 5) is 30.9. The van der Waals surface area contributed by atoms with Crippen LogP contribution in [-0.4, -0.2) is 56.7 Å². The van der Waals surface area contributed by atoms with Crippen molar-refractivity contribution in [3.05, 3.63) is 56.9 Å². The highest BCUT2D eigenvalue weighted by Gasteiger charge is 2.26. The van der Waals surface area contributed by atoms with Gasteiger partial charge in [-0.05, 0) is 30.0 Å². The number of piperazine rings is 1. The summed E-state index contributed by atoms with van der Waals surface area (Å²) in [5.74, 6) is 1.07. The van der Waals surface area contributed by atoms with Gasteiger partial charge in [0.1, 0.15) is 0 Å². The molecule has 1 unspecified atom stereocenters. The molecule has 2 aromatic heterocycles. The number of hydrogen-bond acceptors (Lipinski definition) is 6. The van der Waals surface area contributed by atoms with Crippen molar-refractivity contribution < 1.29 is 4.52 Å². The largest absolute Gasteiger partial charge is 0.354 e. The molecule has 1 saturated heterocycles. The van der Waals surface area contributed by atoms with Crippen LogP contribution in [-0.2, 0) is 6.54 Å². The molecule has 0 radical (unpaired) electrons. The van der Waals surface area contributed by atoms with Gasteiger partial charge in [-0.1, -0.05) is 32.0 Å². The monoisotopic (exact) mass is 411 g/mol. The summed E-state index contributed by atoms with van der Waals surface area (Å²) in [6.07, 6.45) is 2.54. The number of hydrogen-bond donors (Lipinski definition) is 1. The number of rotatable bonds is 6. The first-order valence-electron chi connectivity index (χ1n) is 10.6. The third kappa shape index (κ3) is 4.24. The highest BCUT2D eigenvalue weighted by Crippen LogP contribution is 2.24. The maximum absolute atomic E-state index is 12.2. The van der Waals surface area contributed by atoms with E-state index in [4.69, 9.17) is 4.52 Å². The van der Waals surface area contributed by atoms with E-state index in [0.717, 1.165) is 50.1 Å². The number of fused-ring (bicyclic) bond motifs is 1. The fourth-order valence-corrected chi connectivity index (χ4v) is 4.30. The van der Waals surface area contributed by atoms with Crippen molar-refractivity contribution >= 4 is 11.0 Å². The molecular formula is C22H29N5O3. The Morgan fingerprint density at radius 1 is 1.23 bits per heavy atom. The molecule has 1 aliphatic rings. The average molecular weight is 412 g/mol. The Balaban J connectivity index is 1.58. The van der Waals surface area contributed by atoms with E-state index in [-0.39, 0.29) is 0 Å². The molecule has 4 rings (SSSR count). The van der Waals surface area contributed by atoms with Crippen LogP contribution < -0.4 is 11.2 Å². The second-order valence-corrected chi connectivity index (χ2v) is 8.50. The molecule has 30 heavy (non-hydrogen) atoms. The Hall–Kier alpha value is -2.71. The Morgan fingerprint density at radius 2 is 2.07 bits per heavy atom. The zero-order chi connectivity index (χ0) is 21.3. The lowest BCUT2D eigenvalue weighted by Gasteiger charge is -2.42. The number of nitrogens with zero attached hydrogens (tertiary/aromatic N) is 4. The molecule has 1 atom stereocenters. The minimum Gasteiger partial charge on any atom is -0.354 e. The summed E-state index contributed by atoms with van der Waals surface area (Å²) < 4.78 is 6.71. The number of benzene rings is 1. The van der Waals surface area contributed by atoms with Crippen LogP contribution in [0.15, 0.2) is 44.6 Å². The quantitative estimate of drug-likeness (QED) is 0.669. The van der Waals surface area contributed by atoms with Gasteiger partial charge in [-0.3, -0.25) is 14.7 Å². The molecule has 8 heteroatoms. The van der Waals surface area contributed by atoms with E-state index >= 15 is 0 Å². The molecule has 0 spiro atoms. The van der Waals surface area contributed by atoms with Gasteiger partial charge in [0.15, 0.2) is 11.4 Å². The van der Waals surface area contributed by atoms with Crippen LogP contribution in [0, 0.1) is 5.92 Å². The Morgan fingerprint density at radius 3 is 2.80 bits per heavy atom. The summed E-state index contributed by atoms with van der Waals surface area (Å²) in [5, 5.41) is 4.82. The Kier molecular flexibility index (Phi) is 5.87. The van der Waals surface area contributed by atoms with E-state index in [1.165, 1.54) is 16.8 Å². The van der Waals surface area contributed by atoms with E-state index in [9.17, 15) is 9.59 Å². The topological polar surface area (TPSA) is 87.4 Å². The average Bonchev–Trinajstić information content (AvgIpc) is 3.12. The van der Waals surface area contributed by atoms with Crippen molar-refractivity contribution in [2.75, 3.05) is 26.2 Å². The van der Waals surface area contributed by atoms with Gasteiger partial charge in [0.05, 0.1) is 5.39 Å². The zero-order valence-corrected chi connectivity index (χ0v) is 17.8. The van der Waals surface area contributed by atoms with Crippen LogP contribution >= 0.6 is 0 Å². The van der Waals surface area contributed by atoms with Gasteiger partial charge in [0.25, 0.3) is 5.56 Å². The molecule has 1 N–H and O–H groups in total. The molecule has 0 aliphatic carbocycles. The van der Waals surface area contributed by atoms with Crippen molar-refractivity contribution in [1.82, 2.24) is 24.5 Å². The molecule has 0 saturated carbocycles. The standard InChI is InChI=1S/C22H29N5O3/c1-4-17-14-25(12-15(2)3)9-10-26(17)13-16-5-6-19-18(11-16)21(24-30-19)27-8-7-20(28)23-22(27)29/h5-8,11,15,17H,4,9-10,12-14H2,1-3H3,(H,23,28,29). The van der Waals surface area contributed by atoms with E-state index in [1.54, 1.807) is 0 Å². The van der Waals surface area contributed by atoms with E-state index < -0.39 is 11.2 Å². The lowest BCUT2D eigenvalue weighted by atomic mass is 10.1. The smallest absolute Gasteiger partial charge is 0.334 e. The van der Waals surface area contributed by atoms with Crippen molar-refractivity contribution in [3.63, 3.8) is 0 Å². The first-order valence-corrected chi connectivity index (χ1v) is 10.6. The normalized spacial score (nSPS) is 18.5. The maximum atomic E-state index is 12.2. The van der Waals surface area contributed by atoms with Crippen LogP contribution in [0.4, 0.5) is 0 Å². The molecule has 8 nitrogen and oxygen atoms in total. The molecule has 3 aromatic rings. The van der Waals surface area contributed by atoms with E-state index in [1.807, 2.05) is 12.1 Å². The number of aromatic amines is 1. The number of H-pyrrole nitrogens is 1. The molecule has 0 bridgehead atoms. The van der Waals surface area contributed by atoms with E-state index in [0.29, 0.717) is 23.4 Å². The second kappa shape index (κ2) is 8.57. The van der Waals surface area contributed by atoms with Crippen molar-refractivity contribution in [3.8, 4) is 5.82 Å². The highest BCUT2D eigenvalue weighted by molar-refractivity contribution is 5.84. The summed E-state index contributed by atoms with van der Waals surface area (Å²) >= 11 is 0. The Labute approximate surface area is 175 Å². The molecule has 1 fully saturated rings. The van der Waals surface area contributed by atoms with Crippen molar-refractivity contribution in [1.29, 1.82) is 0 Å². The lowest BCUT2D eigenvalue weighted by molar-refractivity contribution is 0.0600. The molecule has 160 valence electrons. The highest BCUT2D eigenvalue weighted by atomic mass is 16.5. The van der Waals surface area contributed by atoms with Crippen LogP contribution in [0.2, 0.25) is 0 Å². The van der Waals surface area contributed by atoms with Gasteiger partial charge in [-0.15, -0.1) is 0 Å². The SMILES string of the molecule is CCC1CN(CC(C)C)CCN1Cc1ccc2onc(-n3ccc(=O)[nH]c3=O)c2c1. The summed E-state index contributed by atoms with van der Waals surface area (Å²) in [5.41, 5.74) is 0.795. The van der Waals surface area contributed by atoms with Gasteiger partial charge in [0, 0.05) is 51.0 Å². The van der Waals surface area contributed by atoms with Crippen LogP contribution in [0.5, 0.6) is 0 Å². The first-order chi connectivity index (χ1) is 14.4. The van der Waals surface area contributed by atoms with Crippen LogP contribution in [0.1, 0.15) is 32.8 Å². The van der Waals surface area contributed by atoms with Crippen LogP contribution in [0.25, 0.3) is 16.8 Å². The minimum absolute atomic E-state index is 0.391. The van der Waals surface area contributed by atoms with Crippen LogP contribution in [0.3, 0.4) is 0 Å². The number of nitrogens with one attached hydrogen (secondary N) is 1. The molecule has 1 aliphatic heterocycles. The van der Waals surface area contributed by atoms with E-state index in [2.05, 4.69) is 46.8 Å². The van der Waals surface area contributed by atoms with Gasteiger partial charge < -0.3 is 9.42 Å². The van der Waals surface area contributed by atoms with Gasteiger partial charge in [-0.2, -0.15) is 0 Å². The van der Waals surface area contributed by atoms with Crippen molar-refractivity contribution in [2.24, 2.45) is 5.92 Å². The second-order valence-electron chi connectivity index (χ2n) is 8.50. The maximum Gasteiger partial charge on any atom is 0.334 e. The zero-order valence-electron chi connectivity index (χ0n) is 17.8. The Bertz CT molecular complexity index is 1130. The molecular weight excluding hydrogens is 382 g/mol. The van der Waals surface area contributed by atoms with Gasteiger partial charge in [0.2, 0.25) is 0 Å². The molecule has 0 amide bonds. The third-order valence-corrected chi connectivity index (χ3v) is 5.74. The first kappa shape index (κ1) is 20.6. The van der Waals surface area contributed by atoms with Gasteiger partial charge in [-0.25, -0.2) is 9.36 Å². The molecule has 3 heterocycles. The summed E-state index contributed by atoms with van der Waals surface area (Å²) in [6.45, 7) is 12.0. The third-order valence-electron chi connectivity index (χ3n) is 5.74. The minimum atomic E-state index is -0.532.